The van der Waals surface area contributed by atoms with E-state index < -0.39 is 0 Å². The van der Waals surface area contributed by atoms with E-state index in [1.54, 1.807) is 0 Å². The summed E-state index contributed by atoms with van der Waals surface area (Å²) in [7, 11) is 0. The fraction of sp³-hybridized carbons (Fsp3) is 0. The molecule has 9 rings (SSSR count). The van der Waals surface area contributed by atoms with Crippen LogP contribution in [0.1, 0.15) is 0 Å². The maximum atomic E-state index is 6.35. The molecule has 0 N–H and O–H groups in total. The van der Waals surface area contributed by atoms with Crippen LogP contribution in [0.3, 0.4) is 0 Å². The van der Waals surface area contributed by atoms with Gasteiger partial charge in [0.25, 0.3) is 0 Å². The lowest BCUT2D eigenvalue weighted by Gasteiger charge is -2.22. The summed E-state index contributed by atoms with van der Waals surface area (Å²) in [5.74, 6) is 1.83. The predicted octanol–water partition coefficient (Wildman–Crippen LogP) is 11.4. The fourth-order valence-electron chi connectivity index (χ4n) is 6.80. The molecule has 1 aliphatic rings. The first-order valence-electron chi connectivity index (χ1n) is 14.1. The average Bonchev–Trinajstić information content (AvgIpc) is 3.04. The largest absolute Gasteiger partial charge is 0.456 e. The molecule has 190 valence electrons. The lowest BCUT2D eigenvalue weighted by atomic mass is 9.88. The quantitative estimate of drug-likeness (QED) is 0.206. The molecule has 1 heteroatoms. The Hall–Kier alpha value is -5.40. The van der Waals surface area contributed by atoms with Gasteiger partial charge in [0.1, 0.15) is 11.5 Å². The number of rotatable bonds is 2. The SMILES string of the molecule is c1cc(-c2ccc3c4c(cccc24)-c2ccccc2O3)cc(-c2cc3ccc4ccccc4c3c3ccccc23)c1. The van der Waals surface area contributed by atoms with Crippen LogP contribution in [-0.4, -0.2) is 0 Å². The first-order valence-corrected chi connectivity index (χ1v) is 14.1. The predicted molar refractivity (Wildman–Crippen MR) is 173 cm³/mol. The first kappa shape index (κ1) is 22.4. The second-order valence-electron chi connectivity index (χ2n) is 10.9. The zero-order chi connectivity index (χ0) is 26.9. The summed E-state index contributed by atoms with van der Waals surface area (Å²) in [6.07, 6.45) is 0. The van der Waals surface area contributed by atoms with E-state index in [1.165, 1.54) is 70.9 Å². The van der Waals surface area contributed by atoms with Crippen molar-refractivity contribution in [3.05, 3.63) is 146 Å². The van der Waals surface area contributed by atoms with Crippen molar-refractivity contribution < 1.29 is 4.74 Å². The summed E-state index contributed by atoms with van der Waals surface area (Å²) in [5, 5.41) is 10.1. The molecule has 0 fully saturated rings. The minimum atomic E-state index is 0.915. The second kappa shape index (κ2) is 8.55. The topological polar surface area (TPSA) is 9.23 Å². The van der Waals surface area contributed by atoms with Gasteiger partial charge in [-0.25, -0.2) is 0 Å². The van der Waals surface area contributed by atoms with Gasteiger partial charge in [0, 0.05) is 10.9 Å². The van der Waals surface area contributed by atoms with E-state index in [-0.39, 0.29) is 0 Å². The maximum Gasteiger partial charge on any atom is 0.135 e. The van der Waals surface area contributed by atoms with Crippen LogP contribution in [0.25, 0.3) is 76.5 Å². The minimum Gasteiger partial charge on any atom is -0.456 e. The highest BCUT2D eigenvalue weighted by atomic mass is 16.5. The van der Waals surface area contributed by atoms with Crippen molar-refractivity contribution >= 4 is 43.1 Å². The molecule has 0 amide bonds. The van der Waals surface area contributed by atoms with Crippen LogP contribution in [0.5, 0.6) is 11.5 Å². The molecule has 8 aromatic carbocycles. The molecule has 0 saturated carbocycles. The van der Waals surface area contributed by atoms with Gasteiger partial charge in [0.2, 0.25) is 0 Å². The summed E-state index contributed by atoms with van der Waals surface area (Å²) in [5.41, 5.74) is 7.26. The monoisotopic (exact) mass is 520 g/mol. The smallest absolute Gasteiger partial charge is 0.135 e. The van der Waals surface area contributed by atoms with Gasteiger partial charge >= 0.3 is 0 Å². The molecule has 41 heavy (non-hydrogen) atoms. The Morgan fingerprint density at radius 2 is 1.00 bits per heavy atom. The third kappa shape index (κ3) is 3.30. The van der Waals surface area contributed by atoms with Crippen LogP contribution in [-0.2, 0) is 0 Å². The first-order chi connectivity index (χ1) is 20.3. The maximum absolute atomic E-state index is 6.35. The van der Waals surface area contributed by atoms with E-state index in [9.17, 15) is 0 Å². The second-order valence-corrected chi connectivity index (χ2v) is 10.9. The van der Waals surface area contributed by atoms with Crippen molar-refractivity contribution in [2.24, 2.45) is 0 Å². The molecule has 0 aromatic heterocycles. The van der Waals surface area contributed by atoms with Gasteiger partial charge < -0.3 is 4.74 Å². The highest BCUT2D eigenvalue weighted by molar-refractivity contribution is 6.23. The Labute approximate surface area is 237 Å². The van der Waals surface area contributed by atoms with Gasteiger partial charge in [-0.15, -0.1) is 0 Å². The summed E-state index contributed by atoms with van der Waals surface area (Å²) in [4.78, 5) is 0. The van der Waals surface area contributed by atoms with E-state index in [0.717, 1.165) is 17.1 Å². The summed E-state index contributed by atoms with van der Waals surface area (Å²) in [6.45, 7) is 0. The summed E-state index contributed by atoms with van der Waals surface area (Å²) >= 11 is 0. The van der Waals surface area contributed by atoms with Crippen LogP contribution < -0.4 is 4.74 Å². The van der Waals surface area contributed by atoms with Crippen LogP contribution in [0.2, 0.25) is 0 Å². The Bertz CT molecular complexity index is 2340. The number of fused-ring (bicyclic) bond motifs is 7. The molecule has 0 radical (unpaired) electrons. The summed E-state index contributed by atoms with van der Waals surface area (Å²) < 4.78 is 6.35. The standard InChI is InChI=1S/C40H24O/c1-2-12-30-25(9-1)19-20-28-24-36(31-13-3-4-15-34(31)39(28)30)27-11-7-10-26(23-27)29-21-22-38-40-33(29)16-8-17-35(40)32-14-5-6-18-37(32)41-38/h1-24H. The van der Waals surface area contributed by atoms with Crippen LogP contribution in [0.15, 0.2) is 146 Å². The van der Waals surface area contributed by atoms with E-state index in [1.807, 2.05) is 12.1 Å². The van der Waals surface area contributed by atoms with Crippen molar-refractivity contribution in [1.82, 2.24) is 0 Å². The van der Waals surface area contributed by atoms with Gasteiger partial charge in [0.15, 0.2) is 0 Å². The zero-order valence-electron chi connectivity index (χ0n) is 22.3. The molecular formula is C40H24O. The van der Waals surface area contributed by atoms with Crippen molar-refractivity contribution in [2.45, 2.75) is 0 Å². The van der Waals surface area contributed by atoms with E-state index in [0.29, 0.717) is 0 Å². The lowest BCUT2D eigenvalue weighted by Crippen LogP contribution is -1.97. The van der Waals surface area contributed by atoms with Gasteiger partial charge in [-0.2, -0.15) is 0 Å². The fourth-order valence-corrected chi connectivity index (χ4v) is 6.80. The Balaban J connectivity index is 1.27. The molecule has 0 saturated heterocycles. The molecule has 0 atom stereocenters. The molecule has 0 bridgehead atoms. The van der Waals surface area contributed by atoms with Gasteiger partial charge in [0.05, 0.1) is 0 Å². The third-order valence-corrected chi connectivity index (χ3v) is 8.63. The number of benzene rings is 8. The number of hydrogen-bond donors (Lipinski definition) is 0. The normalized spacial score (nSPS) is 12.1. The Kier molecular flexibility index (Phi) is 4.67. The zero-order valence-corrected chi connectivity index (χ0v) is 22.3. The van der Waals surface area contributed by atoms with Gasteiger partial charge in [-0.1, -0.05) is 121 Å². The molecule has 0 spiro atoms. The molecule has 1 aliphatic heterocycles. The molecule has 1 heterocycles. The van der Waals surface area contributed by atoms with Crippen LogP contribution >= 0.6 is 0 Å². The number of hydrogen-bond acceptors (Lipinski definition) is 1. The van der Waals surface area contributed by atoms with Crippen LogP contribution in [0.4, 0.5) is 0 Å². The van der Waals surface area contributed by atoms with Crippen molar-refractivity contribution in [3.8, 4) is 44.9 Å². The number of ether oxygens (including phenoxy) is 1. The molecule has 0 unspecified atom stereocenters. The highest BCUT2D eigenvalue weighted by Crippen LogP contribution is 2.48. The molecule has 0 aliphatic carbocycles. The third-order valence-electron chi connectivity index (χ3n) is 8.63. The minimum absolute atomic E-state index is 0.915. The van der Waals surface area contributed by atoms with E-state index in [4.69, 9.17) is 4.74 Å². The van der Waals surface area contributed by atoms with Crippen molar-refractivity contribution in [1.29, 1.82) is 0 Å². The van der Waals surface area contributed by atoms with Crippen molar-refractivity contribution in [3.63, 3.8) is 0 Å². The van der Waals surface area contributed by atoms with Gasteiger partial charge in [-0.05, 0) is 89.8 Å². The van der Waals surface area contributed by atoms with Crippen molar-refractivity contribution in [2.75, 3.05) is 0 Å². The Morgan fingerprint density at radius 3 is 1.93 bits per heavy atom. The molecule has 8 aromatic rings. The highest BCUT2D eigenvalue weighted by Gasteiger charge is 2.21. The Morgan fingerprint density at radius 1 is 0.317 bits per heavy atom. The average molecular weight is 521 g/mol. The molecular weight excluding hydrogens is 496 g/mol. The van der Waals surface area contributed by atoms with E-state index >= 15 is 0 Å². The number of para-hydroxylation sites is 1. The molecule has 1 nitrogen and oxygen atoms in total. The van der Waals surface area contributed by atoms with Crippen LogP contribution in [0, 0.1) is 0 Å². The van der Waals surface area contributed by atoms with Gasteiger partial charge in [-0.3, -0.25) is 0 Å². The van der Waals surface area contributed by atoms with E-state index in [2.05, 4.69) is 133 Å². The lowest BCUT2D eigenvalue weighted by molar-refractivity contribution is 0.487. The summed E-state index contributed by atoms with van der Waals surface area (Å²) in [6, 6.07) is 52.6.